The van der Waals surface area contributed by atoms with Gasteiger partial charge in [-0.2, -0.15) is 0 Å². The summed E-state index contributed by atoms with van der Waals surface area (Å²) in [6, 6.07) is 19.8. The largest absolute Gasteiger partial charge is 0.463 e. The maximum atomic E-state index is 7.26. The van der Waals surface area contributed by atoms with E-state index in [0.717, 1.165) is 38.6 Å². The summed E-state index contributed by atoms with van der Waals surface area (Å²) < 4.78 is 12.9. The van der Waals surface area contributed by atoms with Gasteiger partial charge in [0.25, 0.3) is 0 Å². The van der Waals surface area contributed by atoms with Crippen LogP contribution < -0.4 is 14.5 Å². The maximum absolute atomic E-state index is 7.26. The Kier molecular flexibility index (Phi) is 4.98. The summed E-state index contributed by atoms with van der Waals surface area (Å²) >= 11 is 0. The van der Waals surface area contributed by atoms with Gasteiger partial charge in [0.1, 0.15) is 5.75 Å². The van der Waals surface area contributed by atoms with Gasteiger partial charge in [-0.25, -0.2) is 0 Å². The molecule has 1 fully saturated rings. The van der Waals surface area contributed by atoms with Crippen molar-refractivity contribution in [3.8, 4) is 5.75 Å². The van der Waals surface area contributed by atoms with Crippen molar-refractivity contribution in [2.75, 3.05) is 42.6 Å². The third kappa shape index (κ3) is 3.37. The second-order valence-corrected chi connectivity index (χ2v) is 11.9. The van der Waals surface area contributed by atoms with Crippen LogP contribution in [0, 0.1) is 5.41 Å². The second kappa shape index (κ2) is 7.76. The van der Waals surface area contributed by atoms with Crippen LogP contribution in [0.25, 0.3) is 16.8 Å². The van der Waals surface area contributed by atoms with E-state index >= 15 is 0 Å². The van der Waals surface area contributed by atoms with E-state index in [1.165, 1.54) is 33.3 Å². The molecule has 4 nitrogen and oxygen atoms in total. The molecule has 3 heterocycles. The first-order valence-corrected chi connectivity index (χ1v) is 12.9. The third-order valence-electron chi connectivity index (χ3n) is 7.92. The van der Waals surface area contributed by atoms with Crippen molar-refractivity contribution >= 4 is 28.2 Å². The Hall–Kier alpha value is -2.98. The number of anilines is 2. The van der Waals surface area contributed by atoms with Crippen LogP contribution in [0.3, 0.4) is 0 Å². The summed E-state index contributed by atoms with van der Waals surface area (Å²) in [5.74, 6) is 0.965. The predicted octanol–water partition coefficient (Wildman–Crippen LogP) is 6.62. The van der Waals surface area contributed by atoms with Crippen molar-refractivity contribution in [3.05, 3.63) is 71.8 Å². The highest BCUT2D eigenvalue weighted by atomic mass is 16.5. The summed E-state index contributed by atoms with van der Waals surface area (Å²) in [5, 5.41) is 2.52. The molecule has 0 radical (unpaired) electrons. The molecule has 6 rings (SSSR count). The Balaban J connectivity index is 1.54. The lowest BCUT2D eigenvalue weighted by Gasteiger charge is -2.49. The van der Waals surface area contributed by atoms with E-state index in [-0.39, 0.29) is 10.8 Å². The zero-order chi connectivity index (χ0) is 24.4. The Labute approximate surface area is 209 Å². The Morgan fingerprint density at radius 1 is 0.886 bits per heavy atom. The van der Waals surface area contributed by atoms with Gasteiger partial charge in [0, 0.05) is 48.0 Å². The zero-order valence-electron chi connectivity index (χ0n) is 21.6. The van der Waals surface area contributed by atoms with Crippen LogP contribution in [-0.4, -0.2) is 38.6 Å². The minimum absolute atomic E-state index is 0.111. The molecule has 35 heavy (non-hydrogen) atoms. The van der Waals surface area contributed by atoms with Crippen LogP contribution in [-0.2, 0) is 10.2 Å². The molecule has 1 spiro atoms. The summed E-state index contributed by atoms with van der Waals surface area (Å²) in [5.41, 5.74) is 4.31. The highest BCUT2D eigenvalue weighted by Gasteiger charge is 2.59. The van der Waals surface area contributed by atoms with Gasteiger partial charge in [-0.3, -0.25) is 0 Å². The zero-order valence-corrected chi connectivity index (χ0v) is 21.6. The second-order valence-electron chi connectivity index (χ2n) is 11.9. The average Bonchev–Trinajstić information content (AvgIpc) is 3.02. The normalized spacial score (nSPS) is 22.9. The average molecular weight is 469 g/mol. The van der Waals surface area contributed by atoms with Gasteiger partial charge in [-0.05, 0) is 48.4 Å². The van der Waals surface area contributed by atoms with Gasteiger partial charge in [-0.1, -0.05) is 63.2 Å². The molecular weight excluding hydrogens is 432 g/mol. The van der Waals surface area contributed by atoms with E-state index in [0.29, 0.717) is 0 Å². The number of fused-ring (bicyclic) bond motifs is 4. The van der Waals surface area contributed by atoms with Gasteiger partial charge >= 0.3 is 0 Å². The van der Waals surface area contributed by atoms with Crippen LogP contribution in [0.1, 0.15) is 45.7 Å². The van der Waals surface area contributed by atoms with Crippen LogP contribution in [0.2, 0.25) is 0 Å². The SMILES string of the molecule is CC(C)(C)CN1c2ccccc2C(C)(C)C12C=Cc1c(cc(N3CCOCC3)c3ccccc13)O2. The first kappa shape index (κ1) is 22.5. The van der Waals surface area contributed by atoms with Gasteiger partial charge in [0.05, 0.1) is 18.6 Å². The molecule has 3 aliphatic rings. The fourth-order valence-electron chi connectivity index (χ4n) is 6.18. The number of ether oxygens (including phenoxy) is 2. The third-order valence-corrected chi connectivity index (χ3v) is 7.92. The fraction of sp³-hybridized carbons (Fsp3) is 0.419. The number of morpholine rings is 1. The van der Waals surface area contributed by atoms with Crippen molar-refractivity contribution in [1.29, 1.82) is 0 Å². The van der Waals surface area contributed by atoms with Crippen LogP contribution in [0.5, 0.6) is 5.75 Å². The van der Waals surface area contributed by atoms with Crippen molar-refractivity contribution in [3.63, 3.8) is 0 Å². The molecule has 1 atom stereocenters. The molecule has 0 amide bonds. The molecule has 3 aliphatic heterocycles. The predicted molar refractivity (Wildman–Crippen MR) is 146 cm³/mol. The molecule has 1 unspecified atom stereocenters. The minimum Gasteiger partial charge on any atom is -0.463 e. The van der Waals surface area contributed by atoms with E-state index in [1.807, 2.05) is 0 Å². The maximum Gasteiger partial charge on any atom is 0.212 e. The molecule has 0 bridgehead atoms. The fourth-order valence-corrected chi connectivity index (χ4v) is 6.18. The van der Waals surface area contributed by atoms with E-state index in [4.69, 9.17) is 9.47 Å². The molecule has 0 aromatic heterocycles. The van der Waals surface area contributed by atoms with Crippen molar-refractivity contribution < 1.29 is 9.47 Å². The number of para-hydroxylation sites is 1. The van der Waals surface area contributed by atoms with Gasteiger partial charge in [0.15, 0.2) is 0 Å². The highest BCUT2D eigenvalue weighted by molar-refractivity contribution is 6.02. The molecule has 0 N–H and O–H groups in total. The van der Waals surface area contributed by atoms with Crippen LogP contribution >= 0.6 is 0 Å². The molecule has 182 valence electrons. The Morgan fingerprint density at radius 3 is 2.31 bits per heavy atom. The van der Waals surface area contributed by atoms with Crippen LogP contribution in [0.15, 0.2) is 60.7 Å². The summed E-state index contributed by atoms with van der Waals surface area (Å²) in [4.78, 5) is 4.95. The van der Waals surface area contributed by atoms with Gasteiger partial charge < -0.3 is 19.3 Å². The standard InChI is InChI=1S/C31H36N2O2/c1-29(2,3)21-33-26-13-9-8-12-25(26)30(4,5)31(33)15-14-24-22-10-6-7-11-23(22)27(20-28(24)35-31)32-16-18-34-19-17-32/h6-15,20H,16-19,21H2,1-5H3. The Bertz CT molecular complexity index is 1310. The van der Waals surface area contributed by atoms with Crippen molar-refractivity contribution in [2.45, 2.75) is 45.8 Å². The van der Waals surface area contributed by atoms with E-state index < -0.39 is 5.72 Å². The number of benzene rings is 3. The molecule has 3 aromatic rings. The summed E-state index contributed by atoms with van der Waals surface area (Å²) in [7, 11) is 0. The molecule has 0 saturated carbocycles. The van der Waals surface area contributed by atoms with Crippen LogP contribution in [0.4, 0.5) is 11.4 Å². The molecular formula is C31H36N2O2. The molecule has 1 saturated heterocycles. The summed E-state index contributed by atoms with van der Waals surface area (Å²) in [6.07, 6.45) is 4.63. The van der Waals surface area contributed by atoms with Crippen molar-refractivity contribution in [1.82, 2.24) is 0 Å². The topological polar surface area (TPSA) is 24.9 Å². The van der Waals surface area contributed by atoms with Gasteiger partial charge in [-0.15, -0.1) is 0 Å². The molecule has 4 heteroatoms. The van der Waals surface area contributed by atoms with E-state index in [1.54, 1.807) is 0 Å². The monoisotopic (exact) mass is 468 g/mol. The first-order chi connectivity index (χ1) is 16.7. The van der Waals surface area contributed by atoms with Crippen molar-refractivity contribution in [2.24, 2.45) is 5.41 Å². The number of nitrogens with zero attached hydrogens (tertiary/aromatic N) is 2. The van der Waals surface area contributed by atoms with Gasteiger partial charge in [0.2, 0.25) is 5.72 Å². The Morgan fingerprint density at radius 2 is 1.57 bits per heavy atom. The highest BCUT2D eigenvalue weighted by Crippen LogP contribution is 2.56. The van der Waals surface area contributed by atoms with E-state index in [2.05, 4.69) is 111 Å². The lowest BCUT2D eigenvalue weighted by atomic mass is 9.76. The first-order valence-electron chi connectivity index (χ1n) is 12.9. The lowest BCUT2D eigenvalue weighted by molar-refractivity contribution is 0.0481. The lowest BCUT2D eigenvalue weighted by Crippen LogP contribution is -2.61. The number of rotatable bonds is 2. The van der Waals surface area contributed by atoms with E-state index in [9.17, 15) is 0 Å². The smallest absolute Gasteiger partial charge is 0.212 e. The quantitative estimate of drug-likeness (QED) is 0.422. The molecule has 0 aliphatic carbocycles. The number of hydrogen-bond acceptors (Lipinski definition) is 4. The molecule has 3 aromatic carbocycles. The number of hydrogen-bond donors (Lipinski definition) is 0. The minimum atomic E-state index is -0.596. The summed E-state index contributed by atoms with van der Waals surface area (Å²) in [6.45, 7) is 15.8.